The van der Waals surface area contributed by atoms with E-state index >= 15 is 0 Å². The first-order valence-corrected chi connectivity index (χ1v) is 5.97. The molecule has 96 valence electrons. The predicted octanol–water partition coefficient (Wildman–Crippen LogP) is 4.50. The van der Waals surface area contributed by atoms with Crippen LogP contribution in [0.25, 0.3) is 0 Å². The minimum absolute atomic E-state index is 0.0100. The maximum atomic E-state index is 13.9. The van der Waals surface area contributed by atoms with Crippen molar-refractivity contribution in [2.45, 2.75) is 6.92 Å². The molecule has 0 radical (unpaired) electrons. The van der Waals surface area contributed by atoms with E-state index in [4.69, 9.17) is 33.2 Å². The van der Waals surface area contributed by atoms with E-state index in [-0.39, 0.29) is 27.2 Å². The number of hydrogen-bond acceptors (Lipinski definition) is 3. The Bertz CT molecular complexity index is 683. The molecular weight excluding hydrogens is 290 g/mol. The van der Waals surface area contributed by atoms with E-state index in [2.05, 4.69) is 4.98 Å². The molecule has 1 aromatic carbocycles. The molecule has 1 aromatic heterocycles. The molecule has 0 saturated heterocycles. The molecule has 0 aliphatic carbocycles. The van der Waals surface area contributed by atoms with E-state index in [0.717, 1.165) is 0 Å². The zero-order valence-corrected chi connectivity index (χ0v) is 11.3. The van der Waals surface area contributed by atoms with Gasteiger partial charge in [0, 0.05) is 12.3 Å². The monoisotopic (exact) mass is 296 g/mol. The molecule has 0 saturated carbocycles. The summed E-state index contributed by atoms with van der Waals surface area (Å²) in [5.41, 5.74) is 0.416. The molecule has 1 heterocycles. The Morgan fingerprint density at radius 2 is 2.05 bits per heavy atom. The van der Waals surface area contributed by atoms with E-state index in [1.54, 1.807) is 6.92 Å². The zero-order chi connectivity index (χ0) is 14.0. The number of benzene rings is 1. The Balaban J connectivity index is 2.52. The summed E-state index contributed by atoms with van der Waals surface area (Å²) in [6, 6.07) is 6.33. The summed E-state index contributed by atoms with van der Waals surface area (Å²) < 4.78 is 19.3. The standard InChI is InChI=1S/C13H7Cl2FN2O/c1-7-2-3-9(14)12(11(7)16)19-10-4-5-18-13(15)8(10)6-17/h2-5H,1H3. The topological polar surface area (TPSA) is 45.9 Å². The summed E-state index contributed by atoms with van der Waals surface area (Å²) in [4.78, 5) is 3.75. The largest absolute Gasteiger partial charge is 0.451 e. The van der Waals surface area contributed by atoms with Gasteiger partial charge in [-0.3, -0.25) is 0 Å². The predicted molar refractivity (Wildman–Crippen MR) is 70.2 cm³/mol. The molecule has 0 aliphatic rings. The van der Waals surface area contributed by atoms with Gasteiger partial charge in [-0.25, -0.2) is 9.37 Å². The Morgan fingerprint density at radius 3 is 2.74 bits per heavy atom. The number of nitrogens with zero attached hydrogens (tertiary/aromatic N) is 2. The summed E-state index contributed by atoms with van der Waals surface area (Å²) in [7, 11) is 0. The van der Waals surface area contributed by atoms with Crippen LogP contribution < -0.4 is 4.74 Å². The molecule has 6 heteroatoms. The van der Waals surface area contributed by atoms with E-state index in [1.807, 2.05) is 6.07 Å². The van der Waals surface area contributed by atoms with Crippen LogP contribution in [0.3, 0.4) is 0 Å². The van der Waals surface area contributed by atoms with Crippen molar-refractivity contribution < 1.29 is 9.13 Å². The normalized spacial score (nSPS) is 10.1. The average molecular weight is 297 g/mol. The molecule has 2 aromatic rings. The van der Waals surface area contributed by atoms with Crippen molar-refractivity contribution in [1.82, 2.24) is 4.98 Å². The lowest BCUT2D eigenvalue weighted by atomic mass is 10.2. The molecule has 0 spiro atoms. The van der Waals surface area contributed by atoms with Gasteiger partial charge in [0.25, 0.3) is 0 Å². The Kier molecular flexibility index (Phi) is 3.89. The molecule has 3 nitrogen and oxygen atoms in total. The lowest BCUT2D eigenvalue weighted by Gasteiger charge is -2.11. The molecule has 0 bridgehead atoms. The highest BCUT2D eigenvalue weighted by atomic mass is 35.5. The van der Waals surface area contributed by atoms with Crippen LogP contribution in [0.1, 0.15) is 11.1 Å². The quantitative estimate of drug-likeness (QED) is 0.767. The third kappa shape index (κ3) is 2.62. The van der Waals surface area contributed by atoms with E-state index < -0.39 is 5.82 Å². The minimum atomic E-state index is -0.579. The van der Waals surface area contributed by atoms with Gasteiger partial charge in [-0.1, -0.05) is 29.3 Å². The van der Waals surface area contributed by atoms with Crippen LogP contribution in [-0.2, 0) is 0 Å². The number of hydrogen-bond donors (Lipinski definition) is 0. The van der Waals surface area contributed by atoms with Gasteiger partial charge in [0.15, 0.2) is 16.7 Å². The highest BCUT2D eigenvalue weighted by Gasteiger charge is 2.16. The number of pyridine rings is 1. The van der Waals surface area contributed by atoms with Crippen LogP contribution in [-0.4, -0.2) is 4.98 Å². The zero-order valence-electron chi connectivity index (χ0n) is 9.75. The lowest BCUT2D eigenvalue weighted by molar-refractivity contribution is 0.438. The molecule has 0 N–H and O–H groups in total. The highest BCUT2D eigenvalue weighted by Crippen LogP contribution is 2.35. The summed E-state index contributed by atoms with van der Waals surface area (Å²) in [6.07, 6.45) is 1.36. The first-order chi connectivity index (χ1) is 9.04. The van der Waals surface area contributed by atoms with Crippen molar-refractivity contribution in [2.24, 2.45) is 0 Å². The van der Waals surface area contributed by atoms with Gasteiger partial charge < -0.3 is 4.74 Å². The fraction of sp³-hybridized carbons (Fsp3) is 0.0769. The van der Waals surface area contributed by atoms with Crippen molar-refractivity contribution in [1.29, 1.82) is 5.26 Å². The number of ether oxygens (including phenoxy) is 1. The first-order valence-electron chi connectivity index (χ1n) is 5.21. The third-order valence-electron chi connectivity index (χ3n) is 2.43. The minimum Gasteiger partial charge on any atom is -0.451 e. The summed E-state index contributed by atoms with van der Waals surface area (Å²) in [6.45, 7) is 1.59. The van der Waals surface area contributed by atoms with Crippen LogP contribution in [0, 0.1) is 24.1 Å². The molecule has 0 fully saturated rings. The smallest absolute Gasteiger partial charge is 0.181 e. The van der Waals surface area contributed by atoms with Gasteiger partial charge in [-0.05, 0) is 18.6 Å². The van der Waals surface area contributed by atoms with Crippen molar-refractivity contribution in [3.05, 3.63) is 51.5 Å². The van der Waals surface area contributed by atoms with Gasteiger partial charge in [0.1, 0.15) is 17.4 Å². The van der Waals surface area contributed by atoms with Crippen molar-refractivity contribution >= 4 is 23.2 Å². The number of nitriles is 1. The summed E-state index contributed by atoms with van der Waals surface area (Å²) >= 11 is 11.7. The van der Waals surface area contributed by atoms with Crippen LogP contribution in [0.15, 0.2) is 24.4 Å². The Hall–Kier alpha value is -1.83. The van der Waals surface area contributed by atoms with Gasteiger partial charge in [-0.2, -0.15) is 5.26 Å². The van der Waals surface area contributed by atoms with E-state index in [9.17, 15) is 4.39 Å². The molecule has 0 unspecified atom stereocenters. The molecular formula is C13H7Cl2FN2O. The first kappa shape index (κ1) is 13.6. The number of aromatic nitrogens is 1. The van der Waals surface area contributed by atoms with Crippen molar-refractivity contribution in [3.8, 4) is 17.6 Å². The second kappa shape index (κ2) is 5.43. The van der Waals surface area contributed by atoms with Gasteiger partial charge >= 0.3 is 0 Å². The lowest BCUT2D eigenvalue weighted by Crippen LogP contribution is -1.95. The van der Waals surface area contributed by atoms with Crippen LogP contribution in [0.4, 0.5) is 4.39 Å². The second-order valence-corrected chi connectivity index (χ2v) is 4.46. The fourth-order valence-electron chi connectivity index (χ4n) is 1.44. The molecule has 0 amide bonds. The van der Waals surface area contributed by atoms with E-state index in [1.165, 1.54) is 24.4 Å². The third-order valence-corrected chi connectivity index (χ3v) is 3.02. The highest BCUT2D eigenvalue weighted by molar-refractivity contribution is 6.32. The number of aryl methyl sites for hydroxylation is 1. The van der Waals surface area contributed by atoms with Crippen LogP contribution in [0.5, 0.6) is 11.5 Å². The molecule has 2 rings (SSSR count). The van der Waals surface area contributed by atoms with Crippen molar-refractivity contribution in [3.63, 3.8) is 0 Å². The average Bonchev–Trinajstić information content (AvgIpc) is 2.39. The molecule has 19 heavy (non-hydrogen) atoms. The molecule has 0 atom stereocenters. The summed E-state index contributed by atoms with van der Waals surface area (Å²) in [5.74, 6) is -0.612. The Morgan fingerprint density at radius 1 is 1.32 bits per heavy atom. The maximum absolute atomic E-state index is 13.9. The van der Waals surface area contributed by atoms with Gasteiger partial charge in [-0.15, -0.1) is 0 Å². The number of rotatable bonds is 2. The van der Waals surface area contributed by atoms with Crippen molar-refractivity contribution in [2.75, 3.05) is 0 Å². The van der Waals surface area contributed by atoms with E-state index in [0.29, 0.717) is 5.56 Å². The SMILES string of the molecule is Cc1ccc(Cl)c(Oc2ccnc(Cl)c2C#N)c1F. The Labute approximate surface area is 119 Å². The number of halogens is 3. The molecule has 0 aliphatic heterocycles. The maximum Gasteiger partial charge on any atom is 0.181 e. The second-order valence-electron chi connectivity index (χ2n) is 3.70. The van der Waals surface area contributed by atoms with Gasteiger partial charge in [0.2, 0.25) is 0 Å². The van der Waals surface area contributed by atoms with Crippen LogP contribution >= 0.6 is 23.2 Å². The summed E-state index contributed by atoms with van der Waals surface area (Å²) in [5, 5.41) is 9.09. The van der Waals surface area contributed by atoms with Crippen LogP contribution in [0.2, 0.25) is 10.2 Å². The van der Waals surface area contributed by atoms with Gasteiger partial charge in [0.05, 0.1) is 5.02 Å². The fourth-order valence-corrected chi connectivity index (χ4v) is 1.82.